The summed E-state index contributed by atoms with van der Waals surface area (Å²) in [5.74, 6) is 4.14. The van der Waals surface area contributed by atoms with E-state index in [1.54, 1.807) is 0 Å². The minimum absolute atomic E-state index is 0.0701. The summed E-state index contributed by atoms with van der Waals surface area (Å²) in [4.78, 5) is 1.46. The van der Waals surface area contributed by atoms with Crippen LogP contribution in [0.4, 0.5) is 0 Å². The van der Waals surface area contributed by atoms with Gasteiger partial charge in [0, 0.05) is 0 Å². The predicted molar refractivity (Wildman–Crippen MR) is 67.3 cm³/mol. The molecule has 1 unspecified atom stereocenters. The fourth-order valence-corrected chi connectivity index (χ4v) is 2.24. The third kappa shape index (κ3) is 5.64. The highest BCUT2D eigenvalue weighted by Crippen LogP contribution is 2.27. The number of hydrogen-bond donors (Lipinski definition) is 0. The van der Waals surface area contributed by atoms with E-state index in [4.69, 9.17) is 0 Å². The molecule has 0 aliphatic rings. The van der Waals surface area contributed by atoms with Crippen molar-refractivity contribution in [3.63, 3.8) is 0 Å². The summed E-state index contributed by atoms with van der Waals surface area (Å²) < 4.78 is 0. The minimum atomic E-state index is 0.0701. The van der Waals surface area contributed by atoms with Crippen LogP contribution < -0.4 is 0 Å². The van der Waals surface area contributed by atoms with Gasteiger partial charge in [-0.15, -0.1) is 10.5 Å². The van der Waals surface area contributed by atoms with E-state index in [9.17, 15) is 0 Å². The highest BCUT2D eigenvalue weighted by atomic mass is 32.2. The predicted octanol–water partition coefficient (Wildman–Crippen LogP) is 4.48. The standard InChI is InChI=1S/C12H20S/c1-5-8-9-11-13(4)12(7-3)10-6-2/h5,7-9,11H,4,6,10H2,1-3H3. The molecule has 0 aromatic carbocycles. The zero-order chi connectivity index (χ0) is 10.1. The van der Waals surface area contributed by atoms with Crippen molar-refractivity contribution in [2.75, 3.05) is 0 Å². The van der Waals surface area contributed by atoms with Crippen molar-refractivity contribution in [3.8, 4) is 0 Å². The minimum Gasteiger partial charge on any atom is -0.143 e. The van der Waals surface area contributed by atoms with Gasteiger partial charge in [0.25, 0.3) is 0 Å². The molecule has 0 fully saturated rings. The average Bonchev–Trinajstić information content (AvgIpc) is 2.14. The van der Waals surface area contributed by atoms with Crippen LogP contribution in [0.3, 0.4) is 0 Å². The van der Waals surface area contributed by atoms with Crippen LogP contribution in [0, 0.1) is 0 Å². The maximum atomic E-state index is 4.14. The molecule has 1 atom stereocenters. The molecule has 13 heavy (non-hydrogen) atoms. The number of allylic oxidation sites excluding steroid dienone is 5. The van der Waals surface area contributed by atoms with Gasteiger partial charge in [0.15, 0.2) is 0 Å². The summed E-state index contributed by atoms with van der Waals surface area (Å²) in [5.41, 5.74) is 0. The van der Waals surface area contributed by atoms with Gasteiger partial charge in [0.05, 0.1) is 0 Å². The Morgan fingerprint density at radius 3 is 2.46 bits per heavy atom. The maximum absolute atomic E-state index is 4.14. The first-order valence-corrected chi connectivity index (χ1v) is 6.19. The molecule has 1 heteroatoms. The van der Waals surface area contributed by atoms with Crippen molar-refractivity contribution in [2.24, 2.45) is 0 Å². The molecule has 0 rings (SSSR count). The van der Waals surface area contributed by atoms with Crippen LogP contribution in [0.2, 0.25) is 0 Å². The van der Waals surface area contributed by atoms with Crippen molar-refractivity contribution < 1.29 is 0 Å². The molecule has 0 spiro atoms. The molecule has 0 radical (unpaired) electrons. The molecule has 0 nitrogen and oxygen atoms in total. The lowest BCUT2D eigenvalue weighted by Crippen LogP contribution is -1.76. The van der Waals surface area contributed by atoms with Crippen molar-refractivity contribution in [1.29, 1.82) is 0 Å². The molecule has 0 aliphatic carbocycles. The Morgan fingerprint density at radius 1 is 1.31 bits per heavy atom. The molecule has 0 bridgehead atoms. The molecule has 0 heterocycles. The summed E-state index contributed by atoms with van der Waals surface area (Å²) in [6.45, 7) is 6.32. The first-order chi connectivity index (χ1) is 6.26. The topological polar surface area (TPSA) is 0 Å². The first-order valence-electron chi connectivity index (χ1n) is 4.73. The van der Waals surface area contributed by atoms with Crippen LogP contribution in [0.15, 0.2) is 34.6 Å². The van der Waals surface area contributed by atoms with E-state index in [1.807, 2.05) is 19.1 Å². The van der Waals surface area contributed by atoms with E-state index >= 15 is 0 Å². The summed E-state index contributed by atoms with van der Waals surface area (Å²) in [6.07, 6.45) is 10.7. The van der Waals surface area contributed by atoms with Crippen molar-refractivity contribution in [2.45, 2.75) is 33.6 Å². The van der Waals surface area contributed by atoms with Crippen LogP contribution in [0.25, 0.3) is 0 Å². The quantitative estimate of drug-likeness (QED) is 0.449. The van der Waals surface area contributed by atoms with Crippen LogP contribution in [0.5, 0.6) is 0 Å². The molecule has 0 aliphatic heterocycles. The average molecular weight is 196 g/mol. The zero-order valence-corrected chi connectivity index (χ0v) is 9.73. The summed E-state index contributed by atoms with van der Waals surface area (Å²) in [5, 5.41) is 2.17. The van der Waals surface area contributed by atoms with Crippen LogP contribution in [-0.4, -0.2) is 5.87 Å². The van der Waals surface area contributed by atoms with Gasteiger partial charge >= 0.3 is 0 Å². The zero-order valence-electron chi connectivity index (χ0n) is 8.92. The lowest BCUT2D eigenvalue weighted by Gasteiger charge is -2.05. The summed E-state index contributed by atoms with van der Waals surface area (Å²) in [7, 11) is 0.0701. The lowest BCUT2D eigenvalue weighted by atomic mass is 10.3. The van der Waals surface area contributed by atoms with Gasteiger partial charge < -0.3 is 0 Å². The normalized spacial score (nSPS) is 15.8. The van der Waals surface area contributed by atoms with Crippen LogP contribution >= 0.6 is 10.5 Å². The van der Waals surface area contributed by atoms with Gasteiger partial charge in [-0.1, -0.05) is 43.5 Å². The monoisotopic (exact) mass is 196 g/mol. The van der Waals surface area contributed by atoms with E-state index in [0.717, 1.165) is 0 Å². The first kappa shape index (κ1) is 12.4. The lowest BCUT2D eigenvalue weighted by molar-refractivity contribution is 0.946. The highest BCUT2D eigenvalue weighted by Gasteiger charge is 1.94. The fraction of sp³-hybridized carbons (Fsp3) is 0.417. The largest absolute Gasteiger partial charge is 0.143 e. The van der Waals surface area contributed by atoms with E-state index < -0.39 is 0 Å². The second kappa shape index (κ2) is 8.06. The second-order valence-electron chi connectivity index (χ2n) is 2.79. The Hall–Kier alpha value is -0.560. The molecule has 0 N–H and O–H groups in total. The van der Waals surface area contributed by atoms with Gasteiger partial charge in [-0.3, -0.25) is 0 Å². The van der Waals surface area contributed by atoms with Gasteiger partial charge in [0.2, 0.25) is 0 Å². The molecule has 0 aromatic heterocycles. The van der Waals surface area contributed by atoms with Crippen molar-refractivity contribution >= 4 is 16.4 Å². The van der Waals surface area contributed by atoms with Gasteiger partial charge in [-0.2, -0.15) is 0 Å². The summed E-state index contributed by atoms with van der Waals surface area (Å²) >= 11 is 0. The summed E-state index contributed by atoms with van der Waals surface area (Å²) in [6, 6.07) is 0. The number of rotatable bonds is 5. The third-order valence-electron chi connectivity index (χ3n) is 1.70. The van der Waals surface area contributed by atoms with Crippen molar-refractivity contribution in [3.05, 3.63) is 34.6 Å². The van der Waals surface area contributed by atoms with E-state index in [1.165, 1.54) is 17.7 Å². The van der Waals surface area contributed by atoms with Gasteiger partial charge in [0.1, 0.15) is 0 Å². The fourth-order valence-electron chi connectivity index (χ4n) is 1.01. The number of hydrogen-bond acceptors (Lipinski definition) is 0. The van der Waals surface area contributed by atoms with E-state index in [-0.39, 0.29) is 10.5 Å². The molecule has 0 amide bonds. The molecular formula is C12H20S. The molecule has 74 valence electrons. The van der Waals surface area contributed by atoms with Gasteiger partial charge in [-0.25, -0.2) is 0 Å². The Kier molecular flexibility index (Phi) is 7.71. The van der Waals surface area contributed by atoms with E-state index in [2.05, 4.69) is 37.3 Å². The SMILES string of the molecule is C=S(C=CC=CC)C(=CC)CCC. The Morgan fingerprint density at radius 2 is 2.00 bits per heavy atom. The maximum Gasteiger partial charge on any atom is -0.0216 e. The highest BCUT2D eigenvalue weighted by molar-refractivity contribution is 8.20. The molecular weight excluding hydrogens is 176 g/mol. The Bertz CT molecular complexity index is 232. The molecule has 0 saturated carbocycles. The van der Waals surface area contributed by atoms with Crippen molar-refractivity contribution in [1.82, 2.24) is 0 Å². The molecule has 0 aromatic rings. The third-order valence-corrected chi connectivity index (χ3v) is 3.30. The van der Waals surface area contributed by atoms with Crippen LogP contribution in [0.1, 0.15) is 33.6 Å². The van der Waals surface area contributed by atoms with Gasteiger partial charge in [-0.05, 0) is 30.6 Å². The van der Waals surface area contributed by atoms with E-state index in [0.29, 0.717) is 0 Å². The van der Waals surface area contributed by atoms with Crippen LogP contribution in [-0.2, 0) is 0 Å². The second-order valence-corrected chi connectivity index (χ2v) is 4.44. The Labute approximate surface area is 85.0 Å². The Balaban J connectivity index is 4.23. The molecule has 0 saturated heterocycles. The smallest absolute Gasteiger partial charge is 0.0216 e.